The maximum Gasteiger partial charge on any atom is 0.325 e. The summed E-state index contributed by atoms with van der Waals surface area (Å²) >= 11 is 0. The summed E-state index contributed by atoms with van der Waals surface area (Å²) in [4.78, 5) is 27.8. The van der Waals surface area contributed by atoms with Crippen LogP contribution >= 0.6 is 0 Å². The van der Waals surface area contributed by atoms with E-state index < -0.39 is 0 Å². The van der Waals surface area contributed by atoms with Gasteiger partial charge in [0.15, 0.2) is 0 Å². The number of nitrogens with one attached hydrogen (secondary N) is 1. The van der Waals surface area contributed by atoms with Gasteiger partial charge in [0.25, 0.3) is 0 Å². The Labute approximate surface area is 151 Å². The molecule has 0 bridgehead atoms. The Morgan fingerprint density at radius 1 is 1.15 bits per heavy atom. The molecule has 2 aromatic rings. The number of benzene rings is 2. The Kier molecular flexibility index (Phi) is 5.36. The van der Waals surface area contributed by atoms with Gasteiger partial charge in [0.2, 0.25) is 5.91 Å². The monoisotopic (exact) mass is 357 g/mol. The summed E-state index contributed by atoms with van der Waals surface area (Å²) < 4.78 is 18.5. The SMILES string of the molecule is CCOc1ccccc1NC(=O)CN1CCN(c2ccc(F)cc2)C1=O. The fourth-order valence-corrected chi connectivity index (χ4v) is 2.80. The number of halogens is 1. The van der Waals surface area contributed by atoms with Crippen molar-refractivity contribution in [2.75, 3.05) is 36.5 Å². The number of rotatable bonds is 6. The smallest absolute Gasteiger partial charge is 0.325 e. The first-order valence-electron chi connectivity index (χ1n) is 8.42. The molecular weight excluding hydrogens is 337 g/mol. The quantitative estimate of drug-likeness (QED) is 0.864. The first-order valence-corrected chi connectivity index (χ1v) is 8.42. The molecule has 1 N–H and O–H groups in total. The van der Waals surface area contributed by atoms with E-state index in [1.165, 1.54) is 21.9 Å². The summed E-state index contributed by atoms with van der Waals surface area (Å²) in [6, 6.07) is 12.6. The van der Waals surface area contributed by atoms with Crippen LogP contribution in [0.4, 0.5) is 20.6 Å². The van der Waals surface area contributed by atoms with Crippen LogP contribution in [0.5, 0.6) is 5.75 Å². The van der Waals surface area contributed by atoms with Crippen LogP contribution in [0.25, 0.3) is 0 Å². The highest BCUT2D eigenvalue weighted by molar-refractivity contribution is 5.99. The van der Waals surface area contributed by atoms with Crippen molar-refractivity contribution in [2.24, 2.45) is 0 Å². The second-order valence-electron chi connectivity index (χ2n) is 5.81. The Bertz CT molecular complexity index is 795. The van der Waals surface area contributed by atoms with Crippen molar-refractivity contribution >= 4 is 23.3 Å². The zero-order valence-corrected chi connectivity index (χ0v) is 14.4. The topological polar surface area (TPSA) is 61.9 Å². The number of anilines is 2. The molecule has 7 heteroatoms. The first-order chi connectivity index (χ1) is 12.6. The molecule has 3 amide bonds. The molecule has 1 aliphatic rings. The molecule has 1 heterocycles. The van der Waals surface area contributed by atoms with Gasteiger partial charge in [0.05, 0.1) is 12.3 Å². The normalized spacial score (nSPS) is 13.8. The molecule has 6 nitrogen and oxygen atoms in total. The summed E-state index contributed by atoms with van der Waals surface area (Å²) in [5.74, 6) is -0.0694. The summed E-state index contributed by atoms with van der Waals surface area (Å²) in [5.41, 5.74) is 1.18. The number of para-hydroxylation sites is 2. The van der Waals surface area contributed by atoms with Gasteiger partial charge in [-0.05, 0) is 43.3 Å². The lowest BCUT2D eigenvalue weighted by Crippen LogP contribution is -2.37. The number of nitrogens with zero attached hydrogens (tertiary/aromatic N) is 2. The minimum absolute atomic E-state index is 0.0585. The second kappa shape index (κ2) is 7.86. The lowest BCUT2D eigenvalue weighted by atomic mass is 10.3. The van der Waals surface area contributed by atoms with Crippen molar-refractivity contribution in [2.45, 2.75) is 6.92 Å². The number of urea groups is 1. The number of ether oxygens (including phenoxy) is 1. The summed E-state index contributed by atoms with van der Waals surface area (Å²) in [6.07, 6.45) is 0. The van der Waals surface area contributed by atoms with Crippen molar-refractivity contribution in [3.05, 3.63) is 54.3 Å². The Morgan fingerprint density at radius 3 is 2.62 bits per heavy atom. The van der Waals surface area contributed by atoms with Gasteiger partial charge in [-0.1, -0.05) is 12.1 Å². The van der Waals surface area contributed by atoms with Crippen LogP contribution in [0.1, 0.15) is 6.92 Å². The highest BCUT2D eigenvalue weighted by Gasteiger charge is 2.30. The zero-order chi connectivity index (χ0) is 18.5. The zero-order valence-electron chi connectivity index (χ0n) is 14.4. The molecule has 0 aliphatic carbocycles. The maximum atomic E-state index is 13.0. The molecule has 0 radical (unpaired) electrons. The molecule has 1 aliphatic heterocycles. The Hall–Kier alpha value is -3.09. The van der Waals surface area contributed by atoms with Gasteiger partial charge in [-0.2, -0.15) is 0 Å². The molecule has 1 fully saturated rings. The average molecular weight is 357 g/mol. The van der Waals surface area contributed by atoms with E-state index in [1.807, 2.05) is 13.0 Å². The number of hydrogen-bond acceptors (Lipinski definition) is 3. The van der Waals surface area contributed by atoms with E-state index in [1.54, 1.807) is 30.3 Å². The van der Waals surface area contributed by atoms with Gasteiger partial charge < -0.3 is 15.0 Å². The van der Waals surface area contributed by atoms with Crippen molar-refractivity contribution in [1.29, 1.82) is 0 Å². The molecule has 1 saturated heterocycles. The van der Waals surface area contributed by atoms with E-state index in [4.69, 9.17) is 4.74 Å². The molecule has 0 saturated carbocycles. The van der Waals surface area contributed by atoms with Crippen LogP contribution in [-0.4, -0.2) is 43.1 Å². The highest BCUT2D eigenvalue weighted by atomic mass is 19.1. The third-order valence-electron chi connectivity index (χ3n) is 4.03. The lowest BCUT2D eigenvalue weighted by Gasteiger charge is -2.19. The summed E-state index contributed by atoms with van der Waals surface area (Å²) in [7, 11) is 0. The molecular formula is C19H20FN3O3. The molecule has 2 aromatic carbocycles. The molecule has 26 heavy (non-hydrogen) atoms. The minimum atomic E-state index is -0.357. The van der Waals surface area contributed by atoms with Gasteiger partial charge >= 0.3 is 6.03 Å². The Balaban J connectivity index is 1.62. The number of hydrogen-bond donors (Lipinski definition) is 1. The van der Waals surface area contributed by atoms with E-state index in [-0.39, 0.29) is 24.3 Å². The van der Waals surface area contributed by atoms with Crippen molar-refractivity contribution < 1.29 is 18.7 Å². The van der Waals surface area contributed by atoms with Crippen LogP contribution in [0, 0.1) is 5.82 Å². The molecule has 0 unspecified atom stereocenters. The van der Waals surface area contributed by atoms with E-state index >= 15 is 0 Å². The number of carbonyl (C=O) groups excluding carboxylic acids is 2. The highest BCUT2D eigenvalue weighted by Crippen LogP contribution is 2.24. The minimum Gasteiger partial charge on any atom is -0.492 e. The number of amides is 3. The molecule has 3 rings (SSSR count). The van der Waals surface area contributed by atoms with Crippen LogP contribution in [0.2, 0.25) is 0 Å². The van der Waals surface area contributed by atoms with Crippen molar-refractivity contribution in [1.82, 2.24) is 4.90 Å². The molecule has 0 atom stereocenters. The summed E-state index contributed by atoms with van der Waals surface area (Å²) in [6.45, 7) is 3.18. The van der Waals surface area contributed by atoms with E-state index in [9.17, 15) is 14.0 Å². The van der Waals surface area contributed by atoms with Crippen molar-refractivity contribution in [3.8, 4) is 5.75 Å². The first kappa shape index (κ1) is 17.7. The third kappa shape index (κ3) is 3.93. The molecule has 0 aromatic heterocycles. The fraction of sp³-hybridized carbons (Fsp3) is 0.263. The fourth-order valence-electron chi connectivity index (χ4n) is 2.80. The lowest BCUT2D eigenvalue weighted by molar-refractivity contribution is -0.116. The summed E-state index contributed by atoms with van der Waals surface area (Å²) in [5, 5.41) is 2.78. The third-order valence-corrected chi connectivity index (χ3v) is 4.03. The van der Waals surface area contributed by atoms with E-state index in [2.05, 4.69) is 5.32 Å². The van der Waals surface area contributed by atoms with E-state index in [0.717, 1.165) is 0 Å². The van der Waals surface area contributed by atoms with Gasteiger partial charge in [-0.15, -0.1) is 0 Å². The van der Waals surface area contributed by atoms with Crippen LogP contribution in [0.3, 0.4) is 0 Å². The predicted octanol–water partition coefficient (Wildman–Crippen LogP) is 3.11. The van der Waals surface area contributed by atoms with Crippen LogP contribution in [0.15, 0.2) is 48.5 Å². The van der Waals surface area contributed by atoms with Gasteiger partial charge in [-0.3, -0.25) is 9.69 Å². The molecule has 136 valence electrons. The van der Waals surface area contributed by atoms with Gasteiger partial charge in [0.1, 0.15) is 18.1 Å². The average Bonchev–Trinajstić information content (AvgIpc) is 2.98. The van der Waals surface area contributed by atoms with Gasteiger partial charge in [0, 0.05) is 18.8 Å². The largest absolute Gasteiger partial charge is 0.492 e. The number of carbonyl (C=O) groups is 2. The standard InChI is InChI=1S/C19H20FN3O3/c1-2-26-17-6-4-3-5-16(17)21-18(24)13-22-11-12-23(19(22)25)15-9-7-14(20)8-10-15/h3-10H,2,11-13H2,1H3,(H,21,24). The predicted molar refractivity (Wildman–Crippen MR) is 97.0 cm³/mol. The van der Waals surface area contributed by atoms with Gasteiger partial charge in [-0.25, -0.2) is 9.18 Å². The van der Waals surface area contributed by atoms with E-state index in [0.29, 0.717) is 36.8 Å². The second-order valence-corrected chi connectivity index (χ2v) is 5.81. The molecule has 0 spiro atoms. The van der Waals surface area contributed by atoms with Crippen LogP contribution < -0.4 is 15.0 Å². The van der Waals surface area contributed by atoms with Crippen LogP contribution in [-0.2, 0) is 4.79 Å². The maximum absolute atomic E-state index is 13.0. The Morgan fingerprint density at radius 2 is 1.88 bits per heavy atom. The van der Waals surface area contributed by atoms with Crippen molar-refractivity contribution in [3.63, 3.8) is 0 Å².